The van der Waals surface area contributed by atoms with Crippen molar-refractivity contribution in [2.75, 3.05) is 5.32 Å². The Bertz CT molecular complexity index is 637. The van der Waals surface area contributed by atoms with E-state index in [4.69, 9.17) is 0 Å². The zero-order valence-electron chi connectivity index (χ0n) is 11.3. The highest BCUT2D eigenvalue weighted by Crippen LogP contribution is 2.19. The number of hydrogen-bond acceptors (Lipinski definition) is 4. The van der Waals surface area contributed by atoms with Gasteiger partial charge in [0.1, 0.15) is 5.69 Å². The molecule has 0 spiro atoms. The third-order valence-corrected chi connectivity index (χ3v) is 3.08. The standard InChI is InChI=1S/C15H16N4O/c1-10-3-2-4-12(9-10)18-15-16-8-7-13(19-15)14(20)17-11-5-6-11/h2-4,7-9,11H,5-6H2,1H3,(H,17,20)(H,16,18,19). The Morgan fingerprint density at radius 2 is 2.15 bits per heavy atom. The van der Waals surface area contributed by atoms with Gasteiger partial charge in [-0.15, -0.1) is 0 Å². The second-order valence-corrected chi connectivity index (χ2v) is 5.01. The zero-order chi connectivity index (χ0) is 13.9. The largest absolute Gasteiger partial charge is 0.348 e. The molecule has 5 nitrogen and oxygen atoms in total. The van der Waals surface area contributed by atoms with Crippen molar-refractivity contribution in [3.63, 3.8) is 0 Å². The molecule has 5 heteroatoms. The van der Waals surface area contributed by atoms with Crippen molar-refractivity contribution in [1.29, 1.82) is 0 Å². The highest BCUT2D eigenvalue weighted by molar-refractivity contribution is 5.92. The van der Waals surface area contributed by atoms with E-state index in [0.717, 1.165) is 24.1 Å². The van der Waals surface area contributed by atoms with Gasteiger partial charge in [-0.3, -0.25) is 4.79 Å². The minimum absolute atomic E-state index is 0.137. The van der Waals surface area contributed by atoms with Crippen LogP contribution in [-0.4, -0.2) is 21.9 Å². The predicted octanol–water partition coefficient (Wildman–Crippen LogP) is 2.42. The quantitative estimate of drug-likeness (QED) is 0.893. The number of hydrogen-bond donors (Lipinski definition) is 2. The van der Waals surface area contributed by atoms with Crippen LogP contribution in [0.3, 0.4) is 0 Å². The lowest BCUT2D eigenvalue weighted by Gasteiger charge is -2.07. The summed E-state index contributed by atoms with van der Waals surface area (Å²) in [6.45, 7) is 2.02. The lowest BCUT2D eigenvalue weighted by Crippen LogP contribution is -2.26. The molecule has 1 aromatic heterocycles. The molecule has 0 atom stereocenters. The molecule has 1 aliphatic rings. The SMILES string of the molecule is Cc1cccc(Nc2nccc(C(=O)NC3CC3)n2)c1. The van der Waals surface area contributed by atoms with Gasteiger partial charge in [-0.25, -0.2) is 9.97 Å². The van der Waals surface area contributed by atoms with Gasteiger partial charge in [0.05, 0.1) is 0 Å². The molecule has 0 bridgehead atoms. The average molecular weight is 268 g/mol. The van der Waals surface area contributed by atoms with Gasteiger partial charge in [0.2, 0.25) is 5.95 Å². The third-order valence-electron chi connectivity index (χ3n) is 3.08. The number of nitrogens with zero attached hydrogens (tertiary/aromatic N) is 2. The number of aryl methyl sites for hydroxylation is 1. The molecule has 0 aliphatic heterocycles. The Morgan fingerprint density at radius 3 is 2.90 bits per heavy atom. The van der Waals surface area contributed by atoms with Crippen LogP contribution in [0.25, 0.3) is 0 Å². The van der Waals surface area contributed by atoms with Crippen LogP contribution in [0.5, 0.6) is 0 Å². The van der Waals surface area contributed by atoms with Gasteiger partial charge in [0.15, 0.2) is 0 Å². The normalized spacial score (nSPS) is 13.8. The molecule has 2 aromatic rings. The first-order valence-electron chi connectivity index (χ1n) is 6.68. The first kappa shape index (κ1) is 12.6. The Labute approximate surface area is 117 Å². The molecule has 0 unspecified atom stereocenters. The fourth-order valence-electron chi connectivity index (χ4n) is 1.88. The number of nitrogens with one attached hydrogen (secondary N) is 2. The van der Waals surface area contributed by atoms with Crippen LogP contribution in [0.15, 0.2) is 36.5 Å². The Hall–Kier alpha value is -2.43. The maximum Gasteiger partial charge on any atom is 0.270 e. The van der Waals surface area contributed by atoms with E-state index in [0.29, 0.717) is 17.7 Å². The van der Waals surface area contributed by atoms with E-state index in [9.17, 15) is 4.79 Å². The maximum atomic E-state index is 11.9. The van der Waals surface area contributed by atoms with Crippen molar-refractivity contribution >= 4 is 17.5 Å². The minimum Gasteiger partial charge on any atom is -0.348 e. The molecule has 3 rings (SSSR count). The first-order chi connectivity index (χ1) is 9.70. The minimum atomic E-state index is -0.137. The number of anilines is 2. The lowest BCUT2D eigenvalue weighted by atomic mass is 10.2. The summed E-state index contributed by atoms with van der Waals surface area (Å²) < 4.78 is 0. The highest BCUT2D eigenvalue weighted by atomic mass is 16.2. The van der Waals surface area contributed by atoms with Gasteiger partial charge in [0, 0.05) is 17.9 Å². The van der Waals surface area contributed by atoms with E-state index in [-0.39, 0.29) is 5.91 Å². The van der Waals surface area contributed by atoms with E-state index in [1.54, 1.807) is 12.3 Å². The predicted molar refractivity (Wildman–Crippen MR) is 77.0 cm³/mol. The molecule has 0 radical (unpaired) electrons. The summed E-state index contributed by atoms with van der Waals surface area (Å²) in [6, 6.07) is 9.87. The number of carbonyl (C=O) groups excluding carboxylic acids is 1. The fraction of sp³-hybridized carbons (Fsp3) is 0.267. The van der Waals surface area contributed by atoms with Crippen molar-refractivity contribution in [3.8, 4) is 0 Å². The zero-order valence-corrected chi connectivity index (χ0v) is 11.3. The molecule has 1 aliphatic carbocycles. The van der Waals surface area contributed by atoms with Crippen LogP contribution in [0.2, 0.25) is 0 Å². The summed E-state index contributed by atoms with van der Waals surface area (Å²) >= 11 is 0. The van der Waals surface area contributed by atoms with Crippen LogP contribution in [0.4, 0.5) is 11.6 Å². The van der Waals surface area contributed by atoms with E-state index in [2.05, 4.69) is 20.6 Å². The second-order valence-electron chi connectivity index (χ2n) is 5.01. The van der Waals surface area contributed by atoms with Gasteiger partial charge in [-0.2, -0.15) is 0 Å². The molecule has 20 heavy (non-hydrogen) atoms. The van der Waals surface area contributed by atoms with E-state index < -0.39 is 0 Å². The monoisotopic (exact) mass is 268 g/mol. The molecule has 1 fully saturated rings. The Kier molecular flexibility index (Phi) is 3.33. The van der Waals surface area contributed by atoms with Crippen molar-refractivity contribution in [3.05, 3.63) is 47.8 Å². The summed E-state index contributed by atoms with van der Waals surface area (Å²) in [4.78, 5) is 20.3. The topological polar surface area (TPSA) is 66.9 Å². The Balaban J connectivity index is 1.75. The lowest BCUT2D eigenvalue weighted by molar-refractivity contribution is 0.0946. The van der Waals surface area contributed by atoms with Crippen molar-refractivity contribution in [2.45, 2.75) is 25.8 Å². The number of benzene rings is 1. The summed E-state index contributed by atoms with van der Waals surface area (Å²) in [5, 5.41) is 6.02. The van der Waals surface area contributed by atoms with Gasteiger partial charge in [-0.1, -0.05) is 12.1 Å². The van der Waals surface area contributed by atoms with E-state index in [1.807, 2.05) is 31.2 Å². The third kappa shape index (κ3) is 3.12. The van der Waals surface area contributed by atoms with Gasteiger partial charge >= 0.3 is 0 Å². The second kappa shape index (κ2) is 5.28. The van der Waals surface area contributed by atoms with Gasteiger partial charge in [0.25, 0.3) is 5.91 Å². The highest BCUT2D eigenvalue weighted by Gasteiger charge is 2.24. The number of aromatic nitrogens is 2. The Morgan fingerprint density at radius 1 is 1.30 bits per heavy atom. The van der Waals surface area contributed by atoms with Crippen molar-refractivity contribution in [2.24, 2.45) is 0 Å². The van der Waals surface area contributed by atoms with E-state index >= 15 is 0 Å². The number of carbonyl (C=O) groups is 1. The molecule has 1 amide bonds. The van der Waals surface area contributed by atoms with Crippen LogP contribution < -0.4 is 10.6 Å². The van der Waals surface area contributed by atoms with E-state index in [1.165, 1.54) is 0 Å². The average Bonchev–Trinajstić information content (AvgIpc) is 3.23. The van der Waals surface area contributed by atoms with Crippen LogP contribution in [-0.2, 0) is 0 Å². The molecule has 1 aromatic carbocycles. The molecular weight excluding hydrogens is 252 g/mol. The van der Waals surface area contributed by atoms with Crippen molar-refractivity contribution < 1.29 is 4.79 Å². The maximum absolute atomic E-state index is 11.9. The summed E-state index contributed by atoms with van der Waals surface area (Å²) in [6.07, 6.45) is 3.71. The summed E-state index contributed by atoms with van der Waals surface area (Å²) in [5.74, 6) is 0.293. The molecule has 0 saturated heterocycles. The van der Waals surface area contributed by atoms with Gasteiger partial charge in [-0.05, 0) is 43.5 Å². The smallest absolute Gasteiger partial charge is 0.270 e. The molecular formula is C15H16N4O. The van der Waals surface area contributed by atoms with Crippen LogP contribution >= 0.6 is 0 Å². The molecule has 102 valence electrons. The summed E-state index contributed by atoms with van der Waals surface area (Å²) in [7, 11) is 0. The summed E-state index contributed by atoms with van der Waals surface area (Å²) in [5.41, 5.74) is 2.45. The number of amides is 1. The molecule has 2 N–H and O–H groups in total. The van der Waals surface area contributed by atoms with Crippen molar-refractivity contribution in [1.82, 2.24) is 15.3 Å². The molecule has 1 heterocycles. The first-order valence-corrected chi connectivity index (χ1v) is 6.68. The van der Waals surface area contributed by atoms with Crippen LogP contribution in [0, 0.1) is 6.92 Å². The molecule has 1 saturated carbocycles. The number of rotatable bonds is 4. The fourth-order valence-corrected chi connectivity index (χ4v) is 1.88. The van der Waals surface area contributed by atoms with Crippen LogP contribution in [0.1, 0.15) is 28.9 Å². The van der Waals surface area contributed by atoms with Gasteiger partial charge < -0.3 is 10.6 Å².